The van der Waals surface area contributed by atoms with Crippen LogP contribution in [0.4, 0.5) is 4.79 Å². The molecule has 0 atom stereocenters. The molecular weight excluding hydrogens is 198 g/mol. The second kappa shape index (κ2) is 7.48. The van der Waals surface area contributed by atoms with Gasteiger partial charge in [-0.1, -0.05) is 6.92 Å². The van der Waals surface area contributed by atoms with E-state index in [1.807, 2.05) is 13.8 Å². The van der Waals surface area contributed by atoms with Crippen molar-refractivity contribution >= 4 is 6.09 Å². The molecule has 0 radical (unpaired) electrons. The number of hydrogen-bond donors (Lipinski definition) is 1. The first-order valence-corrected chi connectivity index (χ1v) is 5.00. The fourth-order valence-electron chi connectivity index (χ4n) is 1.23. The van der Waals surface area contributed by atoms with Crippen molar-refractivity contribution in [1.82, 2.24) is 5.32 Å². The van der Waals surface area contributed by atoms with Gasteiger partial charge < -0.3 is 19.5 Å². The molecule has 0 aromatic carbocycles. The largest absolute Gasteiger partial charge is 0.450 e. The quantitative estimate of drug-likeness (QED) is 0.698. The summed E-state index contributed by atoms with van der Waals surface area (Å²) in [6.07, 6.45) is 0.368. The van der Waals surface area contributed by atoms with Crippen LogP contribution in [0.3, 0.4) is 0 Å². The zero-order chi connectivity index (χ0) is 11.7. The minimum Gasteiger partial charge on any atom is -0.450 e. The van der Waals surface area contributed by atoms with E-state index in [4.69, 9.17) is 14.2 Å². The fourth-order valence-corrected chi connectivity index (χ4v) is 1.23. The van der Waals surface area contributed by atoms with Crippen LogP contribution in [0.25, 0.3) is 0 Å². The molecule has 0 saturated carbocycles. The van der Waals surface area contributed by atoms with Gasteiger partial charge in [0.05, 0.1) is 25.4 Å². The van der Waals surface area contributed by atoms with Crippen LogP contribution < -0.4 is 5.32 Å². The first kappa shape index (κ1) is 14.2. The van der Waals surface area contributed by atoms with Gasteiger partial charge in [0.25, 0.3) is 0 Å². The first-order valence-electron chi connectivity index (χ1n) is 5.00. The minimum absolute atomic E-state index is 0.377. The lowest BCUT2D eigenvalue weighted by molar-refractivity contribution is 0.0461. The van der Waals surface area contributed by atoms with Gasteiger partial charge in [-0.3, -0.25) is 0 Å². The highest BCUT2D eigenvalue weighted by molar-refractivity contribution is 5.68. The summed E-state index contributed by atoms with van der Waals surface area (Å²) >= 11 is 0. The number of hydrogen-bond acceptors (Lipinski definition) is 4. The third kappa shape index (κ3) is 6.30. The van der Waals surface area contributed by atoms with Crippen molar-refractivity contribution in [3.63, 3.8) is 0 Å². The zero-order valence-electron chi connectivity index (χ0n) is 9.96. The minimum atomic E-state index is -0.547. The van der Waals surface area contributed by atoms with Gasteiger partial charge in [-0.15, -0.1) is 0 Å². The molecule has 0 aromatic rings. The van der Waals surface area contributed by atoms with Gasteiger partial charge in [0.1, 0.15) is 0 Å². The molecule has 0 aliphatic rings. The van der Waals surface area contributed by atoms with Crippen molar-refractivity contribution in [2.24, 2.45) is 0 Å². The van der Waals surface area contributed by atoms with Crippen molar-refractivity contribution in [3.8, 4) is 0 Å². The molecule has 0 rings (SSSR count). The molecule has 0 bridgehead atoms. The van der Waals surface area contributed by atoms with Gasteiger partial charge in [-0.25, -0.2) is 4.79 Å². The highest BCUT2D eigenvalue weighted by atomic mass is 16.5. The van der Waals surface area contributed by atoms with E-state index in [9.17, 15) is 4.79 Å². The Hall–Kier alpha value is -0.810. The third-order valence-electron chi connectivity index (χ3n) is 1.77. The van der Waals surface area contributed by atoms with Crippen LogP contribution in [0.1, 0.15) is 20.3 Å². The fraction of sp³-hybridized carbons (Fsp3) is 0.900. The van der Waals surface area contributed by atoms with Crippen molar-refractivity contribution in [1.29, 1.82) is 0 Å². The van der Waals surface area contributed by atoms with Crippen LogP contribution in [0.2, 0.25) is 0 Å². The molecule has 0 heterocycles. The van der Waals surface area contributed by atoms with Crippen LogP contribution in [0.5, 0.6) is 0 Å². The zero-order valence-corrected chi connectivity index (χ0v) is 9.96. The molecule has 0 aliphatic heterocycles. The summed E-state index contributed by atoms with van der Waals surface area (Å²) in [5, 5.41) is 2.72. The van der Waals surface area contributed by atoms with Gasteiger partial charge >= 0.3 is 6.09 Å². The Bertz CT molecular complexity index is 178. The predicted octanol–water partition coefficient (Wildman–Crippen LogP) is 1.17. The summed E-state index contributed by atoms with van der Waals surface area (Å²) in [6, 6.07) is 0. The number of carbonyl (C=O) groups is 1. The average molecular weight is 219 g/mol. The summed E-state index contributed by atoms with van der Waals surface area (Å²) in [4.78, 5) is 11.3. The Morgan fingerprint density at radius 1 is 1.27 bits per heavy atom. The summed E-state index contributed by atoms with van der Waals surface area (Å²) in [7, 11) is 3.15. The van der Waals surface area contributed by atoms with Crippen molar-refractivity contribution in [2.75, 3.05) is 34.0 Å². The Balaban J connectivity index is 4.08. The van der Waals surface area contributed by atoms with Gasteiger partial charge in [-0.05, 0) is 13.3 Å². The number of carbonyl (C=O) groups excluding carboxylic acids is 1. The first-order chi connectivity index (χ1) is 7.08. The van der Waals surface area contributed by atoms with Gasteiger partial charge in [0.2, 0.25) is 0 Å². The van der Waals surface area contributed by atoms with Gasteiger partial charge in [0.15, 0.2) is 0 Å². The Morgan fingerprint density at radius 2 is 1.80 bits per heavy atom. The van der Waals surface area contributed by atoms with E-state index in [1.54, 1.807) is 14.2 Å². The SMILES string of the molecule is CCCOC(=O)NC(C)(COC)COC. The standard InChI is InChI=1S/C10H21NO4/c1-5-6-15-9(12)11-10(2,7-13-3)8-14-4/h5-8H2,1-4H3,(H,11,12). The van der Waals surface area contributed by atoms with Crippen molar-refractivity contribution in [2.45, 2.75) is 25.8 Å². The summed E-state index contributed by atoms with van der Waals surface area (Å²) in [6.45, 7) is 4.95. The van der Waals surface area contributed by atoms with Crippen LogP contribution >= 0.6 is 0 Å². The number of ether oxygens (including phenoxy) is 3. The van der Waals surface area contributed by atoms with Crippen molar-refractivity contribution < 1.29 is 19.0 Å². The molecule has 0 spiro atoms. The van der Waals surface area contributed by atoms with Crippen molar-refractivity contribution in [3.05, 3.63) is 0 Å². The van der Waals surface area contributed by atoms with Crippen LogP contribution in [-0.2, 0) is 14.2 Å². The lowest BCUT2D eigenvalue weighted by Crippen LogP contribution is -2.52. The van der Waals surface area contributed by atoms with Gasteiger partial charge in [-0.2, -0.15) is 0 Å². The number of rotatable bonds is 7. The highest BCUT2D eigenvalue weighted by Gasteiger charge is 2.27. The molecule has 1 N–H and O–H groups in total. The molecule has 0 unspecified atom stereocenters. The molecule has 1 amide bonds. The normalized spacial score (nSPS) is 11.2. The lowest BCUT2D eigenvalue weighted by atomic mass is 10.1. The van der Waals surface area contributed by atoms with Crippen LogP contribution in [0.15, 0.2) is 0 Å². The molecule has 0 aromatic heterocycles. The second-order valence-electron chi connectivity index (χ2n) is 3.69. The summed E-state index contributed by atoms with van der Waals surface area (Å²) in [5.41, 5.74) is -0.547. The topological polar surface area (TPSA) is 56.8 Å². The summed E-state index contributed by atoms with van der Waals surface area (Å²) < 4.78 is 14.9. The number of nitrogens with one attached hydrogen (secondary N) is 1. The van der Waals surface area contributed by atoms with E-state index in [0.717, 1.165) is 6.42 Å². The van der Waals surface area contributed by atoms with E-state index in [2.05, 4.69) is 5.32 Å². The number of methoxy groups -OCH3 is 2. The number of amides is 1. The van der Waals surface area contributed by atoms with Gasteiger partial charge in [0, 0.05) is 14.2 Å². The monoisotopic (exact) mass is 219 g/mol. The third-order valence-corrected chi connectivity index (χ3v) is 1.77. The van der Waals surface area contributed by atoms with Crippen LogP contribution in [0, 0.1) is 0 Å². The van der Waals surface area contributed by atoms with E-state index in [0.29, 0.717) is 19.8 Å². The lowest BCUT2D eigenvalue weighted by Gasteiger charge is -2.28. The molecule has 0 aliphatic carbocycles. The molecule has 0 saturated heterocycles. The Kier molecular flexibility index (Phi) is 7.07. The smallest absolute Gasteiger partial charge is 0.407 e. The molecular formula is C10H21NO4. The van der Waals surface area contributed by atoms with E-state index in [-0.39, 0.29) is 0 Å². The van der Waals surface area contributed by atoms with E-state index < -0.39 is 11.6 Å². The second-order valence-corrected chi connectivity index (χ2v) is 3.69. The molecule has 90 valence electrons. The molecule has 0 fully saturated rings. The molecule has 5 nitrogen and oxygen atoms in total. The average Bonchev–Trinajstić information content (AvgIpc) is 2.15. The van der Waals surface area contributed by atoms with E-state index in [1.165, 1.54) is 0 Å². The predicted molar refractivity (Wildman–Crippen MR) is 56.9 cm³/mol. The molecule has 15 heavy (non-hydrogen) atoms. The molecule has 5 heteroatoms. The number of alkyl carbamates (subject to hydrolysis) is 1. The Morgan fingerprint density at radius 3 is 2.20 bits per heavy atom. The van der Waals surface area contributed by atoms with Crippen LogP contribution in [-0.4, -0.2) is 45.7 Å². The maximum Gasteiger partial charge on any atom is 0.407 e. The summed E-state index contributed by atoms with van der Waals surface area (Å²) in [5.74, 6) is 0. The Labute approximate surface area is 91.1 Å². The maximum absolute atomic E-state index is 11.3. The van der Waals surface area contributed by atoms with E-state index >= 15 is 0 Å². The maximum atomic E-state index is 11.3. The highest BCUT2D eigenvalue weighted by Crippen LogP contribution is 2.05.